The van der Waals surface area contributed by atoms with Crippen LogP contribution in [-0.2, 0) is 0 Å². The number of hydrogen-bond donors (Lipinski definition) is 2. The number of aliphatic hydroxyl groups excluding tert-OH is 1. The van der Waals surface area contributed by atoms with Crippen molar-refractivity contribution in [2.75, 3.05) is 19.7 Å². The van der Waals surface area contributed by atoms with E-state index in [9.17, 15) is 0 Å². The molecule has 2 heteroatoms. The van der Waals surface area contributed by atoms with E-state index in [0.29, 0.717) is 17.9 Å². The van der Waals surface area contributed by atoms with Gasteiger partial charge in [0.05, 0.1) is 0 Å². The van der Waals surface area contributed by atoms with Crippen LogP contribution < -0.4 is 5.32 Å². The molecule has 0 bridgehead atoms. The van der Waals surface area contributed by atoms with Crippen LogP contribution in [0.25, 0.3) is 0 Å². The monoisotopic (exact) mass is 229 g/mol. The van der Waals surface area contributed by atoms with Crippen molar-refractivity contribution in [3.8, 4) is 0 Å². The van der Waals surface area contributed by atoms with Crippen LogP contribution in [0.15, 0.2) is 0 Å². The second-order valence-corrected chi connectivity index (χ2v) is 6.04. The van der Waals surface area contributed by atoms with Gasteiger partial charge in [0, 0.05) is 6.61 Å². The third kappa shape index (κ3) is 10.4. The lowest BCUT2D eigenvalue weighted by Crippen LogP contribution is -2.27. The van der Waals surface area contributed by atoms with Crippen LogP contribution in [0.1, 0.15) is 59.8 Å². The maximum atomic E-state index is 9.04. The van der Waals surface area contributed by atoms with Crippen molar-refractivity contribution in [2.45, 2.75) is 59.8 Å². The Hall–Kier alpha value is -0.0800. The van der Waals surface area contributed by atoms with Crippen molar-refractivity contribution >= 4 is 0 Å². The predicted octanol–water partition coefficient (Wildman–Crippen LogP) is 3.20. The van der Waals surface area contributed by atoms with E-state index in [1.54, 1.807) is 0 Å². The van der Waals surface area contributed by atoms with Gasteiger partial charge in [0.15, 0.2) is 0 Å². The minimum Gasteiger partial charge on any atom is -0.396 e. The molecule has 0 radical (unpaired) electrons. The first-order chi connectivity index (χ1) is 7.49. The predicted molar refractivity (Wildman–Crippen MR) is 71.7 cm³/mol. The summed E-state index contributed by atoms with van der Waals surface area (Å²) in [5.41, 5.74) is 0.393. The van der Waals surface area contributed by atoms with Crippen molar-refractivity contribution in [2.24, 2.45) is 11.3 Å². The summed E-state index contributed by atoms with van der Waals surface area (Å²) in [5.74, 6) is 0.530. The number of hydrogen-bond acceptors (Lipinski definition) is 2. The molecule has 2 N–H and O–H groups in total. The molecule has 0 saturated carbocycles. The van der Waals surface area contributed by atoms with Gasteiger partial charge in [-0.2, -0.15) is 0 Å². The minimum absolute atomic E-state index is 0.360. The van der Waals surface area contributed by atoms with Gasteiger partial charge >= 0.3 is 0 Å². The molecule has 0 saturated heterocycles. The van der Waals surface area contributed by atoms with Crippen LogP contribution in [0.3, 0.4) is 0 Å². The summed E-state index contributed by atoms with van der Waals surface area (Å²) in [6, 6.07) is 0. The fourth-order valence-electron chi connectivity index (χ4n) is 1.75. The molecule has 0 aromatic heterocycles. The molecule has 0 rings (SSSR count). The molecule has 0 spiro atoms. The summed E-state index contributed by atoms with van der Waals surface area (Å²) in [7, 11) is 0. The highest BCUT2D eigenvalue weighted by molar-refractivity contribution is 4.64. The number of rotatable bonds is 9. The Bertz CT molecular complexity index is 147. The second-order valence-electron chi connectivity index (χ2n) is 6.04. The number of unbranched alkanes of at least 4 members (excludes halogenated alkanes) is 2. The van der Waals surface area contributed by atoms with E-state index >= 15 is 0 Å². The summed E-state index contributed by atoms with van der Waals surface area (Å²) in [4.78, 5) is 0. The summed E-state index contributed by atoms with van der Waals surface area (Å²) < 4.78 is 0. The smallest absolute Gasteiger partial charge is 0.0459 e. The van der Waals surface area contributed by atoms with Crippen LogP contribution in [0, 0.1) is 11.3 Å². The molecule has 0 amide bonds. The molecular weight excluding hydrogens is 198 g/mol. The average molecular weight is 229 g/mol. The fraction of sp³-hybridized carbons (Fsp3) is 1.00. The van der Waals surface area contributed by atoms with Crippen molar-refractivity contribution in [3.05, 3.63) is 0 Å². The minimum atomic E-state index is 0.360. The lowest BCUT2D eigenvalue weighted by molar-refractivity contribution is 0.211. The Kier molecular flexibility index (Phi) is 8.96. The lowest BCUT2D eigenvalue weighted by Gasteiger charge is -2.18. The fourth-order valence-corrected chi connectivity index (χ4v) is 1.75. The quantitative estimate of drug-likeness (QED) is 0.595. The van der Waals surface area contributed by atoms with Gasteiger partial charge in [0.2, 0.25) is 0 Å². The van der Waals surface area contributed by atoms with Crippen molar-refractivity contribution < 1.29 is 5.11 Å². The van der Waals surface area contributed by atoms with E-state index in [1.165, 1.54) is 25.7 Å². The molecule has 0 aromatic rings. The number of nitrogens with one attached hydrogen (secondary N) is 1. The lowest BCUT2D eigenvalue weighted by atomic mass is 9.97. The van der Waals surface area contributed by atoms with E-state index in [2.05, 4.69) is 33.0 Å². The summed E-state index contributed by atoms with van der Waals surface area (Å²) in [6.45, 7) is 11.5. The molecule has 0 aromatic carbocycles. The van der Waals surface area contributed by atoms with Gasteiger partial charge in [-0.05, 0) is 37.3 Å². The standard InChI is InChI=1S/C14H31NO/c1-5-13(11-16)9-7-6-8-10-15-12-14(2,3)4/h13,15-16H,5-12H2,1-4H3. The van der Waals surface area contributed by atoms with E-state index in [1.807, 2.05) is 0 Å². The first-order valence-corrected chi connectivity index (χ1v) is 6.81. The first-order valence-electron chi connectivity index (χ1n) is 6.81. The van der Waals surface area contributed by atoms with Crippen LogP contribution in [-0.4, -0.2) is 24.8 Å². The maximum absolute atomic E-state index is 9.04. The van der Waals surface area contributed by atoms with Crippen molar-refractivity contribution in [3.63, 3.8) is 0 Å². The molecule has 98 valence electrons. The molecule has 0 fully saturated rings. The number of aliphatic hydroxyl groups is 1. The summed E-state index contributed by atoms with van der Waals surface area (Å²) in [5, 5.41) is 12.5. The van der Waals surface area contributed by atoms with Gasteiger partial charge in [0.25, 0.3) is 0 Å². The average Bonchev–Trinajstić information content (AvgIpc) is 2.21. The molecule has 1 unspecified atom stereocenters. The molecule has 0 aliphatic carbocycles. The molecule has 2 nitrogen and oxygen atoms in total. The molecule has 0 heterocycles. The Balaban J connectivity index is 3.21. The van der Waals surface area contributed by atoms with Gasteiger partial charge in [-0.3, -0.25) is 0 Å². The molecule has 0 aliphatic heterocycles. The Labute approximate surface area is 102 Å². The van der Waals surface area contributed by atoms with Gasteiger partial charge in [0.1, 0.15) is 0 Å². The highest BCUT2D eigenvalue weighted by atomic mass is 16.3. The molecule has 1 atom stereocenters. The molecule has 0 aliphatic rings. The highest BCUT2D eigenvalue weighted by Gasteiger charge is 2.08. The van der Waals surface area contributed by atoms with Crippen LogP contribution in [0.5, 0.6) is 0 Å². The zero-order valence-electron chi connectivity index (χ0n) is 11.7. The highest BCUT2D eigenvalue weighted by Crippen LogP contribution is 2.13. The summed E-state index contributed by atoms with van der Waals surface area (Å²) in [6.07, 6.45) is 6.10. The van der Waals surface area contributed by atoms with Gasteiger partial charge in [-0.1, -0.05) is 47.0 Å². The third-order valence-corrected chi connectivity index (χ3v) is 2.96. The van der Waals surface area contributed by atoms with Crippen LogP contribution in [0.2, 0.25) is 0 Å². The molecular formula is C14H31NO. The van der Waals surface area contributed by atoms with E-state index in [0.717, 1.165) is 19.5 Å². The Morgan fingerprint density at radius 3 is 2.31 bits per heavy atom. The van der Waals surface area contributed by atoms with E-state index in [-0.39, 0.29) is 0 Å². The largest absolute Gasteiger partial charge is 0.396 e. The van der Waals surface area contributed by atoms with Gasteiger partial charge < -0.3 is 10.4 Å². The topological polar surface area (TPSA) is 32.3 Å². The SMILES string of the molecule is CCC(CO)CCCCCNCC(C)(C)C. The zero-order valence-corrected chi connectivity index (χ0v) is 11.7. The first kappa shape index (κ1) is 15.9. The Morgan fingerprint density at radius 1 is 1.12 bits per heavy atom. The second kappa shape index (κ2) is 9.00. The van der Waals surface area contributed by atoms with Crippen molar-refractivity contribution in [1.82, 2.24) is 5.32 Å². The van der Waals surface area contributed by atoms with Gasteiger partial charge in [-0.25, -0.2) is 0 Å². The van der Waals surface area contributed by atoms with Crippen LogP contribution >= 0.6 is 0 Å². The Morgan fingerprint density at radius 2 is 1.81 bits per heavy atom. The van der Waals surface area contributed by atoms with E-state index in [4.69, 9.17) is 5.11 Å². The zero-order chi connectivity index (χ0) is 12.4. The summed E-state index contributed by atoms with van der Waals surface area (Å²) >= 11 is 0. The van der Waals surface area contributed by atoms with Gasteiger partial charge in [-0.15, -0.1) is 0 Å². The maximum Gasteiger partial charge on any atom is 0.0459 e. The van der Waals surface area contributed by atoms with Crippen LogP contribution in [0.4, 0.5) is 0 Å². The van der Waals surface area contributed by atoms with Crippen molar-refractivity contribution in [1.29, 1.82) is 0 Å². The normalized spacial score (nSPS) is 14.1. The third-order valence-electron chi connectivity index (χ3n) is 2.96. The van der Waals surface area contributed by atoms with E-state index < -0.39 is 0 Å². The molecule has 16 heavy (non-hydrogen) atoms.